The van der Waals surface area contributed by atoms with Crippen molar-refractivity contribution >= 4 is 39.1 Å². The van der Waals surface area contributed by atoms with Crippen molar-refractivity contribution in [2.45, 2.75) is 30.6 Å². The van der Waals surface area contributed by atoms with Gasteiger partial charge in [-0.25, -0.2) is 4.39 Å². The van der Waals surface area contributed by atoms with Crippen LogP contribution in [-0.2, 0) is 0 Å². The van der Waals surface area contributed by atoms with Crippen molar-refractivity contribution in [2.24, 2.45) is 0 Å². The largest absolute Gasteiger partial charge is 0.397 e. The van der Waals surface area contributed by atoms with Gasteiger partial charge < -0.3 is 11.1 Å². The first-order chi connectivity index (χ1) is 8.11. The number of thioether (sulfide) groups is 1. The van der Waals surface area contributed by atoms with Crippen molar-refractivity contribution in [2.75, 3.05) is 17.3 Å². The lowest BCUT2D eigenvalue weighted by molar-refractivity contribution is 0.621. The van der Waals surface area contributed by atoms with Gasteiger partial charge in [-0.15, -0.1) is 0 Å². The first-order valence-corrected chi connectivity index (χ1v) is 7.73. The highest BCUT2D eigenvalue weighted by molar-refractivity contribution is 9.10. The quantitative estimate of drug-likeness (QED) is 0.831. The number of benzene rings is 1. The highest BCUT2D eigenvalue weighted by Gasteiger charge is 2.26. The summed E-state index contributed by atoms with van der Waals surface area (Å²) >= 11 is 5.00. The molecule has 17 heavy (non-hydrogen) atoms. The molecule has 0 spiro atoms. The van der Waals surface area contributed by atoms with Crippen LogP contribution in [-0.4, -0.2) is 17.5 Å². The molecular formula is C12H16BrFN2S. The summed E-state index contributed by atoms with van der Waals surface area (Å²) in [5, 5.41) is 3.97. The van der Waals surface area contributed by atoms with E-state index in [1.807, 2.05) is 11.8 Å². The lowest BCUT2D eigenvalue weighted by Gasteiger charge is -2.21. The van der Waals surface area contributed by atoms with Crippen LogP contribution in [0.1, 0.15) is 19.3 Å². The van der Waals surface area contributed by atoms with E-state index in [4.69, 9.17) is 5.73 Å². The molecule has 0 heterocycles. The van der Waals surface area contributed by atoms with Crippen LogP contribution in [0.3, 0.4) is 0 Å². The lowest BCUT2D eigenvalue weighted by Crippen LogP contribution is -2.26. The summed E-state index contributed by atoms with van der Waals surface area (Å²) in [4.78, 5) is 0. The Kier molecular flexibility index (Phi) is 4.20. The maximum Gasteiger partial charge on any atom is 0.139 e. The van der Waals surface area contributed by atoms with Gasteiger partial charge in [0.2, 0.25) is 0 Å². The third-order valence-electron chi connectivity index (χ3n) is 3.19. The average Bonchev–Trinajstić information content (AvgIpc) is 2.73. The average molecular weight is 319 g/mol. The number of rotatable bonds is 3. The first kappa shape index (κ1) is 13.0. The summed E-state index contributed by atoms with van der Waals surface area (Å²) in [6.45, 7) is 0. The second-order valence-electron chi connectivity index (χ2n) is 4.31. The van der Waals surface area contributed by atoms with E-state index in [0.717, 1.165) is 6.42 Å². The molecular weight excluding hydrogens is 303 g/mol. The van der Waals surface area contributed by atoms with Crippen molar-refractivity contribution in [3.8, 4) is 0 Å². The summed E-state index contributed by atoms with van der Waals surface area (Å²) in [6, 6.07) is 3.48. The van der Waals surface area contributed by atoms with E-state index in [9.17, 15) is 4.39 Å². The molecule has 0 bridgehead atoms. The fourth-order valence-corrected chi connectivity index (χ4v) is 3.56. The molecule has 1 aliphatic carbocycles. The van der Waals surface area contributed by atoms with Gasteiger partial charge in [0.25, 0.3) is 0 Å². The van der Waals surface area contributed by atoms with Crippen LogP contribution in [0.25, 0.3) is 0 Å². The van der Waals surface area contributed by atoms with Gasteiger partial charge in [0.05, 0.1) is 15.8 Å². The number of nitrogen functional groups attached to an aromatic ring is 1. The number of hydrogen-bond donors (Lipinski definition) is 2. The number of hydrogen-bond acceptors (Lipinski definition) is 3. The van der Waals surface area contributed by atoms with E-state index in [1.54, 1.807) is 6.07 Å². The van der Waals surface area contributed by atoms with Crippen LogP contribution in [0.2, 0.25) is 0 Å². The highest BCUT2D eigenvalue weighted by Crippen LogP contribution is 2.33. The summed E-state index contributed by atoms with van der Waals surface area (Å²) < 4.78 is 13.9. The zero-order chi connectivity index (χ0) is 12.4. The number of nitrogens with two attached hydrogens (primary N) is 1. The Labute approximate surface area is 114 Å². The van der Waals surface area contributed by atoms with Gasteiger partial charge in [-0.1, -0.05) is 6.42 Å². The topological polar surface area (TPSA) is 38.0 Å². The van der Waals surface area contributed by atoms with Crippen molar-refractivity contribution in [1.82, 2.24) is 0 Å². The van der Waals surface area contributed by atoms with E-state index in [1.165, 1.54) is 18.9 Å². The monoisotopic (exact) mass is 318 g/mol. The van der Waals surface area contributed by atoms with E-state index >= 15 is 0 Å². The molecule has 0 radical (unpaired) electrons. The molecule has 2 rings (SSSR count). The van der Waals surface area contributed by atoms with Gasteiger partial charge in [0, 0.05) is 17.4 Å². The normalized spacial score (nSPS) is 23.9. The molecule has 1 aromatic rings. The van der Waals surface area contributed by atoms with Gasteiger partial charge in [-0.05, 0) is 41.1 Å². The summed E-state index contributed by atoms with van der Waals surface area (Å²) in [7, 11) is 0. The van der Waals surface area contributed by atoms with Crippen molar-refractivity contribution in [3.05, 3.63) is 22.4 Å². The molecule has 2 atom stereocenters. The van der Waals surface area contributed by atoms with Crippen LogP contribution in [0.5, 0.6) is 0 Å². The predicted octanol–water partition coefficient (Wildman–Crippen LogP) is 3.87. The second-order valence-corrected chi connectivity index (χ2v) is 6.24. The SMILES string of the molecule is CSC1CCCC1Nc1cc(F)c(Br)cc1N. The van der Waals surface area contributed by atoms with Crippen LogP contribution in [0.15, 0.2) is 16.6 Å². The minimum atomic E-state index is -0.277. The van der Waals surface area contributed by atoms with Gasteiger partial charge in [-0.3, -0.25) is 0 Å². The zero-order valence-corrected chi connectivity index (χ0v) is 12.1. The fraction of sp³-hybridized carbons (Fsp3) is 0.500. The smallest absolute Gasteiger partial charge is 0.139 e. The molecule has 1 saturated carbocycles. The van der Waals surface area contributed by atoms with Crippen LogP contribution >= 0.6 is 27.7 Å². The maximum atomic E-state index is 13.5. The third-order valence-corrected chi connectivity index (χ3v) is 4.97. The third kappa shape index (κ3) is 2.88. The molecule has 0 aliphatic heterocycles. The van der Waals surface area contributed by atoms with Crippen molar-refractivity contribution < 1.29 is 4.39 Å². The summed E-state index contributed by atoms with van der Waals surface area (Å²) in [6.07, 6.45) is 5.69. The molecule has 2 nitrogen and oxygen atoms in total. The van der Waals surface area contributed by atoms with Gasteiger partial charge in [0.15, 0.2) is 0 Å². The number of halogens is 2. The van der Waals surface area contributed by atoms with Gasteiger partial charge in [-0.2, -0.15) is 11.8 Å². The number of anilines is 2. The van der Waals surface area contributed by atoms with Crippen LogP contribution < -0.4 is 11.1 Å². The highest BCUT2D eigenvalue weighted by atomic mass is 79.9. The second kappa shape index (κ2) is 5.48. The van der Waals surface area contributed by atoms with Gasteiger partial charge >= 0.3 is 0 Å². The molecule has 2 unspecified atom stereocenters. The molecule has 1 aliphatic rings. The molecule has 3 N–H and O–H groups in total. The Morgan fingerprint density at radius 3 is 2.94 bits per heavy atom. The van der Waals surface area contributed by atoms with E-state index in [-0.39, 0.29) is 5.82 Å². The Morgan fingerprint density at radius 1 is 1.47 bits per heavy atom. The molecule has 94 valence electrons. The lowest BCUT2D eigenvalue weighted by atomic mass is 10.2. The van der Waals surface area contributed by atoms with Crippen molar-refractivity contribution in [1.29, 1.82) is 0 Å². The molecule has 5 heteroatoms. The Morgan fingerprint density at radius 2 is 2.24 bits per heavy atom. The fourth-order valence-electron chi connectivity index (χ4n) is 2.26. The predicted molar refractivity (Wildman–Crippen MR) is 77.1 cm³/mol. The molecule has 0 amide bonds. The van der Waals surface area contributed by atoms with Crippen LogP contribution in [0.4, 0.5) is 15.8 Å². The minimum Gasteiger partial charge on any atom is -0.397 e. The molecule has 1 aromatic carbocycles. The van der Waals surface area contributed by atoms with Crippen LogP contribution in [0, 0.1) is 5.82 Å². The van der Waals surface area contributed by atoms with Crippen molar-refractivity contribution in [3.63, 3.8) is 0 Å². The summed E-state index contributed by atoms with van der Waals surface area (Å²) in [5.41, 5.74) is 7.18. The maximum absolute atomic E-state index is 13.5. The Balaban J connectivity index is 2.15. The first-order valence-electron chi connectivity index (χ1n) is 5.65. The molecule has 0 aromatic heterocycles. The summed E-state index contributed by atoms with van der Waals surface area (Å²) in [5.74, 6) is -0.277. The number of nitrogens with one attached hydrogen (secondary N) is 1. The molecule has 1 fully saturated rings. The van der Waals surface area contributed by atoms with Gasteiger partial charge in [0.1, 0.15) is 5.82 Å². The minimum absolute atomic E-state index is 0.277. The van der Waals surface area contributed by atoms with E-state index in [0.29, 0.717) is 27.1 Å². The van der Waals surface area contributed by atoms with E-state index < -0.39 is 0 Å². The standard InChI is InChI=1S/C12H16BrFN2S/c1-17-12-4-2-3-10(12)16-11-6-8(14)7(13)5-9(11)15/h5-6,10,12,16H,2-4,15H2,1H3. The molecule has 0 saturated heterocycles. The van der Waals surface area contributed by atoms with E-state index in [2.05, 4.69) is 27.5 Å². The Hall–Kier alpha value is -0.420. The zero-order valence-electron chi connectivity index (χ0n) is 9.67. The Bertz CT molecular complexity index is 414.